The van der Waals surface area contributed by atoms with Crippen molar-refractivity contribution in [2.24, 2.45) is 0 Å². The molecule has 1 saturated heterocycles. The van der Waals surface area contributed by atoms with Crippen LogP contribution in [0.4, 0.5) is 18.6 Å². The molecule has 0 saturated carbocycles. The molecule has 0 aromatic heterocycles. The Morgan fingerprint density at radius 3 is 2.00 bits per heavy atom. The molecule has 8 heteroatoms. The molecular formula is C11H14BClF3KN2. The molecule has 1 fully saturated rings. The van der Waals surface area contributed by atoms with Gasteiger partial charge in [-0.2, -0.15) is 0 Å². The van der Waals surface area contributed by atoms with E-state index in [0.717, 1.165) is 5.69 Å². The Bertz CT molecular complexity index is 394. The first kappa shape index (κ1) is 17.8. The molecule has 1 aliphatic heterocycles. The van der Waals surface area contributed by atoms with Gasteiger partial charge in [0.15, 0.2) is 0 Å². The summed E-state index contributed by atoms with van der Waals surface area (Å²) >= 11 is 5.80. The van der Waals surface area contributed by atoms with E-state index in [1.165, 1.54) is 4.90 Å². The predicted octanol–water partition coefficient (Wildman–Crippen LogP) is -0.147. The molecule has 0 aliphatic carbocycles. The van der Waals surface area contributed by atoms with Gasteiger partial charge in [-0.15, -0.1) is 0 Å². The molecule has 1 aromatic rings. The maximum Gasteiger partial charge on any atom is 1.00 e. The third-order valence-electron chi connectivity index (χ3n) is 3.03. The summed E-state index contributed by atoms with van der Waals surface area (Å²) in [5.74, 6) is 0. The minimum absolute atomic E-state index is 0. The molecule has 0 radical (unpaired) electrons. The quantitative estimate of drug-likeness (QED) is 0.716. The van der Waals surface area contributed by atoms with Crippen LogP contribution in [0.2, 0.25) is 5.02 Å². The van der Waals surface area contributed by atoms with E-state index >= 15 is 0 Å². The van der Waals surface area contributed by atoms with Crippen LogP contribution in [0.15, 0.2) is 24.3 Å². The van der Waals surface area contributed by atoms with E-state index < -0.39 is 13.4 Å². The fourth-order valence-corrected chi connectivity index (χ4v) is 2.26. The van der Waals surface area contributed by atoms with Gasteiger partial charge in [0.05, 0.1) is 0 Å². The number of hydrogen-bond donors (Lipinski definition) is 0. The van der Waals surface area contributed by atoms with E-state index in [9.17, 15) is 12.9 Å². The second-order valence-corrected chi connectivity index (χ2v) is 4.91. The van der Waals surface area contributed by atoms with Crippen LogP contribution in [0.1, 0.15) is 0 Å². The van der Waals surface area contributed by atoms with Crippen molar-refractivity contribution < 1.29 is 64.3 Å². The van der Waals surface area contributed by atoms with Crippen LogP contribution in [0.5, 0.6) is 0 Å². The van der Waals surface area contributed by atoms with Gasteiger partial charge in [0.25, 0.3) is 0 Å². The molecule has 1 heterocycles. The monoisotopic (exact) mass is 316 g/mol. The Labute approximate surface area is 158 Å². The van der Waals surface area contributed by atoms with Crippen molar-refractivity contribution in [1.29, 1.82) is 0 Å². The number of nitrogens with zero attached hydrogens (tertiary/aromatic N) is 2. The van der Waals surface area contributed by atoms with Gasteiger partial charge in [-0.1, -0.05) is 11.6 Å². The predicted molar refractivity (Wildman–Crippen MR) is 69.2 cm³/mol. The first-order valence-corrected chi connectivity index (χ1v) is 6.26. The molecule has 0 unspecified atom stereocenters. The summed E-state index contributed by atoms with van der Waals surface area (Å²) < 4.78 is 36.9. The van der Waals surface area contributed by atoms with Gasteiger partial charge in [0, 0.05) is 36.9 Å². The Morgan fingerprint density at radius 2 is 1.53 bits per heavy atom. The van der Waals surface area contributed by atoms with Crippen LogP contribution in [0, 0.1) is 0 Å². The van der Waals surface area contributed by atoms with E-state index in [0.29, 0.717) is 31.2 Å². The first-order chi connectivity index (χ1) is 8.44. The second-order valence-electron chi connectivity index (χ2n) is 4.47. The average molecular weight is 317 g/mol. The molecule has 0 N–H and O–H groups in total. The van der Waals surface area contributed by atoms with E-state index in [1.54, 1.807) is 12.1 Å². The number of benzene rings is 1. The van der Waals surface area contributed by atoms with Crippen LogP contribution in [0.3, 0.4) is 0 Å². The van der Waals surface area contributed by atoms with Gasteiger partial charge in [-0.05, 0) is 30.7 Å². The van der Waals surface area contributed by atoms with Gasteiger partial charge in [-0.3, -0.25) is 0 Å². The van der Waals surface area contributed by atoms with Crippen LogP contribution in [-0.4, -0.2) is 44.5 Å². The third kappa shape index (κ3) is 5.95. The van der Waals surface area contributed by atoms with Crippen molar-refractivity contribution in [2.45, 2.75) is 0 Å². The molecule has 0 bridgehead atoms. The molecule has 2 rings (SSSR count). The van der Waals surface area contributed by atoms with Gasteiger partial charge in [-0.25, -0.2) is 0 Å². The minimum atomic E-state index is -4.72. The van der Waals surface area contributed by atoms with Crippen molar-refractivity contribution in [1.82, 2.24) is 4.90 Å². The van der Waals surface area contributed by atoms with Crippen molar-refractivity contribution in [3.05, 3.63) is 29.3 Å². The maximum atomic E-state index is 12.3. The molecule has 100 valence electrons. The molecule has 1 aliphatic rings. The number of anilines is 1. The zero-order valence-electron chi connectivity index (χ0n) is 10.8. The van der Waals surface area contributed by atoms with Crippen LogP contribution in [-0.2, 0) is 0 Å². The summed E-state index contributed by atoms with van der Waals surface area (Å²) in [6.07, 6.45) is -0.755. The minimum Gasteiger partial charge on any atom is -0.448 e. The fourth-order valence-electron chi connectivity index (χ4n) is 2.13. The average Bonchev–Trinajstić information content (AvgIpc) is 2.29. The Kier molecular flexibility index (Phi) is 7.20. The topological polar surface area (TPSA) is 6.48 Å². The van der Waals surface area contributed by atoms with E-state index in [4.69, 9.17) is 11.6 Å². The molecule has 1 aromatic carbocycles. The molecular weight excluding hydrogens is 302 g/mol. The zero-order valence-corrected chi connectivity index (χ0v) is 14.7. The van der Waals surface area contributed by atoms with E-state index in [2.05, 4.69) is 4.90 Å². The van der Waals surface area contributed by atoms with E-state index in [1.807, 2.05) is 12.1 Å². The number of hydrogen-bond acceptors (Lipinski definition) is 2. The van der Waals surface area contributed by atoms with Crippen molar-refractivity contribution >= 4 is 24.3 Å². The van der Waals surface area contributed by atoms with Crippen molar-refractivity contribution in [3.63, 3.8) is 0 Å². The Balaban J connectivity index is 0.00000180. The summed E-state index contributed by atoms with van der Waals surface area (Å²) in [6, 6.07) is 7.38. The summed E-state index contributed by atoms with van der Waals surface area (Å²) in [4.78, 5) is 3.54. The van der Waals surface area contributed by atoms with Crippen molar-refractivity contribution in [3.8, 4) is 0 Å². The zero-order chi connectivity index (χ0) is 13.2. The standard InChI is InChI=1S/C11H14BClF3N2.K/c13-10-1-3-11(4-2-10)18-7-5-17(6-8-18)9-12(14,15)16;/h1-4H,5-9H2;/q-1;+1. The van der Waals surface area contributed by atoms with Crippen LogP contribution in [0.25, 0.3) is 0 Å². The Morgan fingerprint density at radius 1 is 1.00 bits per heavy atom. The number of piperazine rings is 1. The first-order valence-electron chi connectivity index (χ1n) is 5.88. The molecule has 0 atom stereocenters. The largest absolute Gasteiger partial charge is 1.00 e. The Hall–Kier alpha value is 0.761. The maximum absolute atomic E-state index is 12.3. The van der Waals surface area contributed by atoms with Gasteiger partial charge >= 0.3 is 58.4 Å². The fraction of sp³-hybridized carbons (Fsp3) is 0.455. The number of rotatable bonds is 3. The SMILES string of the molecule is F[B-](F)(F)CN1CCN(c2ccc(Cl)cc2)CC1.[K+]. The summed E-state index contributed by atoms with van der Waals surface area (Å²) in [5, 5.41) is 0.664. The smallest absolute Gasteiger partial charge is 0.448 e. The van der Waals surface area contributed by atoms with Crippen LogP contribution >= 0.6 is 11.6 Å². The van der Waals surface area contributed by atoms with Crippen molar-refractivity contribution in [2.75, 3.05) is 37.5 Å². The third-order valence-corrected chi connectivity index (χ3v) is 3.28. The molecule has 2 nitrogen and oxygen atoms in total. The molecule has 0 spiro atoms. The van der Waals surface area contributed by atoms with Gasteiger partial charge in [0.2, 0.25) is 0 Å². The normalized spacial score (nSPS) is 17.2. The van der Waals surface area contributed by atoms with Gasteiger partial charge in [0.1, 0.15) is 0 Å². The van der Waals surface area contributed by atoms with E-state index in [-0.39, 0.29) is 51.4 Å². The molecule has 0 amide bonds. The summed E-state index contributed by atoms with van der Waals surface area (Å²) in [6.45, 7) is -2.58. The summed E-state index contributed by atoms with van der Waals surface area (Å²) in [7, 11) is 0. The molecule has 19 heavy (non-hydrogen) atoms. The van der Waals surface area contributed by atoms with Crippen LogP contribution < -0.4 is 56.3 Å². The summed E-state index contributed by atoms with van der Waals surface area (Å²) in [5.41, 5.74) is 1.01. The number of halogens is 4. The van der Waals surface area contributed by atoms with Gasteiger partial charge < -0.3 is 22.7 Å². The second kappa shape index (κ2) is 7.68.